The van der Waals surface area contributed by atoms with Crippen LogP contribution in [0.25, 0.3) is 0 Å². The molecule has 3 N–H and O–H groups in total. The molecule has 3 aromatic carbocycles. The van der Waals surface area contributed by atoms with Gasteiger partial charge in [-0.1, -0.05) is 60.3 Å². The lowest BCUT2D eigenvalue weighted by Crippen LogP contribution is -2.16. The van der Waals surface area contributed by atoms with Gasteiger partial charge in [0.15, 0.2) is 0 Å². The molecule has 1 aliphatic heterocycles. The zero-order valence-electron chi connectivity index (χ0n) is 21.9. The van der Waals surface area contributed by atoms with Gasteiger partial charge in [-0.15, -0.1) is 0 Å². The highest BCUT2D eigenvalue weighted by molar-refractivity contribution is 9.10. The molecule has 1 aliphatic rings. The van der Waals surface area contributed by atoms with Gasteiger partial charge in [0.2, 0.25) is 0 Å². The third-order valence-corrected chi connectivity index (χ3v) is 7.74. The maximum Gasteiger partial charge on any atom is 0.338 e. The predicted octanol–water partition coefficient (Wildman–Crippen LogP) is 7.78. The van der Waals surface area contributed by atoms with Crippen LogP contribution < -0.4 is 11.1 Å². The normalized spacial score (nSPS) is 13.5. The molecule has 40 heavy (non-hydrogen) atoms. The number of para-hydroxylation sites is 2. The smallest absolute Gasteiger partial charge is 0.338 e. The van der Waals surface area contributed by atoms with Crippen LogP contribution in [0.2, 0.25) is 10.0 Å². The molecule has 0 amide bonds. The molecule has 0 radical (unpaired) electrons. The maximum absolute atomic E-state index is 12.8. The van der Waals surface area contributed by atoms with Crippen LogP contribution in [0.1, 0.15) is 53.6 Å². The van der Waals surface area contributed by atoms with Gasteiger partial charge < -0.3 is 20.5 Å². The summed E-state index contributed by atoms with van der Waals surface area (Å²) in [5.74, 6) is -0.994. The highest BCUT2D eigenvalue weighted by Gasteiger charge is 2.18. The first-order valence-electron chi connectivity index (χ1n) is 13.1. The second-order valence-electron chi connectivity index (χ2n) is 9.32. The fourth-order valence-corrected chi connectivity index (χ4v) is 5.33. The molecule has 0 saturated carbocycles. The molecule has 0 fully saturated rings. The summed E-state index contributed by atoms with van der Waals surface area (Å²) in [7, 11) is 0. The molecule has 4 rings (SSSR count). The fourth-order valence-electron chi connectivity index (χ4n) is 4.37. The molecule has 0 saturated heterocycles. The van der Waals surface area contributed by atoms with Crippen LogP contribution in [0.5, 0.6) is 0 Å². The highest BCUT2D eigenvalue weighted by atomic mass is 79.9. The average Bonchev–Trinajstić information content (AvgIpc) is 2.91. The highest BCUT2D eigenvalue weighted by Crippen LogP contribution is 2.34. The Hall–Kier alpha value is -3.07. The van der Waals surface area contributed by atoms with Crippen LogP contribution in [0.4, 0.5) is 17.1 Å². The number of benzene rings is 3. The molecular formula is C30H30BrCl2N3O4. The Morgan fingerprint density at radius 3 is 2.48 bits per heavy atom. The SMILES string of the molecule is Nc1c(Br)cc(C(=O)OCCOC(=O)Cc2ccccc2Nc2c(Cl)cccc2Cl)cc1C1=NCCCCCC1. The lowest BCUT2D eigenvalue weighted by atomic mass is 9.98. The Labute approximate surface area is 252 Å². The van der Waals surface area contributed by atoms with Gasteiger partial charge >= 0.3 is 11.9 Å². The molecule has 0 aliphatic carbocycles. The second-order valence-corrected chi connectivity index (χ2v) is 11.0. The molecule has 0 spiro atoms. The summed E-state index contributed by atoms with van der Waals surface area (Å²) in [6.45, 7) is 0.588. The quantitative estimate of drug-likeness (QED) is 0.140. The number of carbonyl (C=O) groups is 2. The number of halogens is 3. The van der Waals surface area contributed by atoms with Crippen molar-refractivity contribution in [3.05, 3.63) is 85.8 Å². The van der Waals surface area contributed by atoms with Gasteiger partial charge in [-0.3, -0.25) is 9.79 Å². The van der Waals surface area contributed by atoms with Crippen LogP contribution in [-0.4, -0.2) is 37.4 Å². The summed E-state index contributed by atoms with van der Waals surface area (Å²) in [4.78, 5) is 30.0. The first-order chi connectivity index (χ1) is 19.3. The number of hydrogen-bond donors (Lipinski definition) is 2. The number of aliphatic imine (C=N–C) groups is 1. The zero-order valence-corrected chi connectivity index (χ0v) is 24.9. The minimum absolute atomic E-state index is 0.00950. The number of hydrogen-bond acceptors (Lipinski definition) is 7. The summed E-state index contributed by atoms with van der Waals surface area (Å²) < 4.78 is 11.3. The number of nitrogens with two attached hydrogens (primary N) is 1. The topological polar surface area (TPSA) is 103 Å². The van der Waals surface area contributed by atoms with Gasteiger partial charge in [0.05, 0.1) is 33.4 Å². The number of anilines is 3. The summed E-state index contributed by atoms with van der Waals surface area (Å²) in [5.41, 5.74) is 10.8. The minimum Gasteiger partial charge on any atom is -0.462 e. The molecule has 0 unspecified atom stereocenters. The van der Waals surface area contributed by atoms with Crippen molar-refractivity contribution in [2.24, 2.45) is 4.99 Å². The van der Waals surface area contributed by atoms with E-state index in [2.05, 4.69) is 21.2 Å². The van der Waals surface area contributed by atoms with E-state index in [9.17, 15) is 9.59 Å². The van der Waals surface area contributed by atoms with Crippen molar-refractivity contribution in [3.63, 3.8) is 0 Å². The van der Waals surface area contributed by atoms with Crippen LogP contribution in [0, 0.1) is 0 Å². The van der Waals surface area contributed by atoms with Crippen molar-refractivity contribution >= 4 is 73.8 Å². The standard InChI is InChI=1S/C30H30BrCl2N3O4/c31-22-17-20(16-21(28(22)34)26-12-3-1-2-6-13-35-26)30(38)40-15-14-39-27(37)18-19-8-4-5-11-25(19)36-29-23(32)9-7-10-24(29)33/h4-5,7-11,16-17,36H,1-3,6,12-15,18,34H2. The van der Waals surface area contributed by atoms with Gasteiger partial charge in [-0.2, -0.15) is 0 Å². The summed E-state index contributed by atoms with van der Waals surface area (Å²) >= 11 is 16.0. The van der Waals surface area contributed by atoms with Crippen molar-refractivity contribution in [2.75, 3.05) is 30.8 Å². The molecule has 1 heterocycles. The molecule has 0 bridgehead atoms. The van der Waals surface area contributed by atoms with E-state index in [4.69, 9.17) is 43.4 Å². The molecule has 10 heteroatoms. The number of nitrogen functional groups attached to an aromatic ring is 1. The summed E-state index contributed by atoms with van der Waals surface area (Å²) in [5, 5.41) is 4.12. The summed E-state index contributed by atoms with van der Waals surface area (Å²) in [6, 6.07) is 15.9. The number of ether oxygens (including phenoxy) is 2. The fraction of sp³-hybridized carbons (Fsp3) is 0.300. The van der Waals surface area contributed by atoms with E-state index in [0.29, 0.717) is 42.7 Å². The number of esters is 2. The van der Waals surface area contributed by atoms with E-state index in [1.165, 1.54) is 6.42 Å². The average molecular weight is 647 g/mol. The molecule has 210 valence electrons. The number of rotatable bonds is 9. The third-order valence-electron chi connectivity index (χ3n) is 6.45. The first kappa shape index (κ1) is 29.9. The van der Waals surface area contributed by atoms with E-state index >= 15 is 0 Å². The van der Waals surface area contributed by atoms with Gasteiger partial charge in [0.25, 0.3) is 0 Å². The van der Waals surface area contributed by atoms with Gasteiger partial charge in [-0.05, 0) is 71.1 Å². The molecular weight excluding hydrogens is 617 g/mol. The largest absolute Gasteiger partial charge is 0.462 e. The van der Waals surface area contributed by atoms with E-state index < -0.39 is 11.9 Å². The number of nitrogens with zero attached hydrogens (tertiary/aromatic N) is 1. The lowest BCUT2D eigenvalue weighted by molar-refractivity contribution is -0.143. The Bertz CT molecular complexity index is 1390. The van der Waals surface area contributed by atoms with E-state index in [0.717, 1.165) is 43.5 Å². The summed E-state index contributed by atoms with van der Waals surface area (Å²) in [6.07, 6.45) is 5.23. The van der Waals surface area contributed by atoms with E-state index in [1.54, 1.807) is 30.3 Å². The second kappa shape index (κ2) is 14.5. The van der Waals surface area contributed by atoms with Gasteiger partial charge in [-0.25, -0.2) is 4.79 Å². The Morgan fingerprint density at radius 2 is 1.68 bits per heavy atom. The zero-order chi connectivity index (χ0) is 28.5. The number of nitrogens with one attached hydrogen (secondary N) is 1. The van der Waals surface area contributed by atoms with Crippen LogP contribution in [0.3, 0.4) is 0 Å². The maximum atomic E-state index is 12.8. The third kappa shape index (κ3) is 7.99. The molecule has 3 aromatic rings. The Kier molecular flexibility index (Phi) is 10.9. The Morgan fingerprint density at radius 1 is 0.950 bits per heavy atom. The monoisotopic (exact) mass is 645 g/mol. The van der Waals surface area contributed by atoms with Crippen LogP contribution in [0.15, 0.2) is 64.1 Å². The lowest BCUT2D eigenvalue weighted by Gasteiger charge is -2.15. The Balaban J connectivity index is 1.32. The molecule has 0 atom stereocenters. The number of carbonyl (C=O) groups excluding carboxylic acids is 2. The first-order valence-corrected chi connectivity index (χ1v) is 14.6. The minimum atomic E-state index is -0.532. The van der Waals surface area contributed by atoms with E-state index in [1.807, 2.05) is 24.3 Å². The van der Waals surface area contributed by atoms with Gasteiger partial charge in [0, 0.05) is 28.0 Å². The van der Waals surface area contributed by atoms with Crippen molar-refractivity contribution in [1.29, 1.82) is 0 Å². The van der Waals surface area contributed by atoms with E-state index in [-0.39, 0.29) is 19.6 Å². The van der Waals surface area contributed by atoms with Crippen molar-refractivity contribution < 1.29 is 19.1 Å². The predicted molar refractivity (Wildman–Crippen MR) is 164 cm³/mol. The van der Waals surface area contributed by atoms with Gasteiger partial charge in [0.1, 0.15) is 13.2 Å². The van der Waals surface area contributed by atoms with Crippen molar-refractivity contribution in [3.8, 4) is 0 Å². The van der Waals surface area contributed by atoms with Crippen molar-refractivity contribution in [1.82, 2.24) is 0 Å². The molecule has 0 aromatic heterocycles. The van der Waals surface area contributed by atoms with Crippen molar-refractivity contribution in [2.45, 2.75) is 38.5 Å². The molecule has 7 nitrogen and oxygen atoms in total. The van der Waals surface area contributed by atoms with Crippen LogP contribution in [-0.2, 0) is 20.7 Å². The van der Waals surface area contributed by atoms with Crippen LogP contribution >= 0.6 is 39.1 Å².